The summed E-state index contributed by atoms with van der Waals surface area (Å²) < 4.78 is 39.2. The Hall–Kier alpha value is -2.64. The first kappa shape index (κ1) is 19.7. The first-order valence-electron chi connectivity index (χ1n) is 8.12. The molecule has 0 unspecified atom stereocenters. The van der Waals surface area contributed by atoms with Crippen molar-refractivity contribution in [1.82, 2.24) is 9.97 Å². The van der Waals surface area contributed by atoms with Gasteiger partial charge in [0.1, 0.15) is 11.5 Å². The Balaban J connectivity index is 2.26. The van der Waals surface area contributed by atoms with Crippen molar-refractivity contribution in [3.05, 3.63) is 57.3 Å². The highest BCUT2D eigenvalue weighted by Gasteiger charge is 2.21. The van der Waals surface area contributed by atoms with Crippen molar-refractivity contribution >= 4 is 11.7 Å². The van der Waals surface area contributed by atoms with Crippen LogP contribution in [0.2, 0.25) is 0 Å². The van der Waals surface area contributed by atoms with Gasteiger partial charge in [0.15, 0.2) is 5.78 Å². The van der Waals surface area contributed by atoms with E-state index in [1.807, 2.05) is 6.92 Å². The molecule has 0 spiro atoms. The highest BCUT2D eigenvalue weighted by Crippen LogP contribution is 2.29. The van der Waals surface area contributed by atoms with E-state index in [1.54, 1.807) is 19.0 Å². The minimum atomic E-state index is -2.89. The molecule has 0 radical (unpaired) electrons. The van der Waals surface area contributed by atoms with Crippen LogP contribution in [0.15, 0.2) is 29.1 Å². The molecule has 0 aliphatic rings. The molecule has 1 atom stereocenters. The van der Waals surface area contributed by atoms with Crippen LogP contribution in [0.3, 0.4) is 0 Å². The minimum Gasteiger partial charge on any atom is -0.348 e. The van der Waals surface area contributed by atoms with Crippen LogP contribution in [-0.2, 0) is 0 Å². The van der Waals surface area contributed by atoms with Gasteiger partial charge in [-0.05, 0) is 24.0 Å². The van der Waals surface area contributed by atoms with Gasteiger partial charge in [-0.2, -0.15) is 0 Å². The molecule has 8 heteroatoms. The summed E-state index contributed by atoms with van der Waals surface area (Å²) in [5.74, 6) is -1.48. The highest BCUT2D eigenvalue weighted by molar-refractivity contribution is 5.94. The third-order valence-corrected chi connectivity index (χ3v) is 4.09. The summed E-state index contributed by atoms with van der Waals surface area (Å²) >= 11 is 0. The maximum Gasteiger partial charge on any atom is 0.266 e. The Morgan fingerprint density at radius 3 is 2.50 bits per heavy atom. The molecule has 0 fully saturated rings. The number of anilines is 1. The van der Waals surface area contributed by atoms with Crippen LogP contribution >= 0.6 is 0 Å². The number of nitrogens with one attached hydrogen (secondary N) is 1. The molecule has 0 aliphatic carbocycles. The summed E-state index contributed by atoms with van der Waals surface area (Å²) in [5.41, 5.74) is -0.643. The van der Waals surface area contributed by atoms with Crippen LogP contribution in [0.5, 0.6) is 0 Å². The largest absolute Gasteiger partial charge is 0.348 e. The Morgan fingerprint density at radius 1 is 1.27 bits per heavy atom. The van der Waals surface area contributed by atoms with Crippen molar-refractivity contribution in [2.45, 2.75) is 32.1 Å². The summed E-state index contributed by atoms with van der Waals surface area (Å²) in [5, 5.41) is 0. The molecule has 5 nitrogen and oxygen atoms in total. The lowest BCUT2D eigenvalue weighted by Gasteiger charge is -2.16. The van der Waals surface area contributed by atoms with Crippen LogP contribution in [-0.4, -0.2) is 29.8 Å². The molecule has 0 saturated heterocycles. The first-order chi connectivity index (χ1) is 12.2. The van der Waals surface area contributed by atoms with Crippen molar-refractivity contribution in [2.75, 3.05) is 19.0 Å². The number of ketones is 1. The zero-order chi connectivity index (χ0) is 19.4. The smallest absolute Gasteiger partial charge is 0.266 e. The van der Waals surface area contributed by atoms with Crippen molar-refractivity contribution in [1.29, 1.82) is 0 Å². The monoisotopic (exact) mass is 367 g/mol. The number of alkyl halides is 2. The fourth-order valence-corrected chi connectivity index (χ4v) is 2.60. The van der Waals surface area contributed by atoms with Gasteiger partial charge in [0.05, 0.1) is 5.56 Å². The van der Waals surface area contributed by atoms with Crippen LogP contribution in [0.25, 0.3) is 0 Å². The molecule has 0 aliphatic heterocycles. The maximum absolute atomic E-state index is 13.8. The molecule has 140 valence electrons. The fourth-order valence-electron chi connectivity index (χ4n) is 2.60. The van der Waals surface area contributed by atoms with Crippen molar-refractivity contribution < 1.29 is 18.0 Å². The zero-order valence-corrected chi connectivity index (χ0v) is 14.7. The van der Waals surface area contributed by atoms with Gasteiger partial charge in [-0.1, -0.05) is 19.1 Å². The average molecular weight is 367 g/mol. The number of aromatic nitrogens is 2. The van der Waals surface area contributed by atoms with Gasteiger partial charge in [0.25, 0.3) is 12.0 Å². The molecule has 0 saturated carbocycles. The summed E-state index contributed by atoms with van der Waals surface area (Å²) in [4.78, 5) is 32.4. The third-order valence-electron chi connectivity index (χ3n) is 4.09. The van der Waals surface area contributed by atoms with Gasteiger partial charge in [0.2, 0.25) is 5.95 Å². The minimum absolute atomic E-state index is 0.00666. The van der Waals surface area contributed by atoms with Crippen molar-refractivity contribution in [2.24, 2.45) is 0 Å². The third kappa shape index (κ3) is 4.50. The van der Waals surface area contributed by atoms with E-state index in [1.165, 1.54) is 6.07 Å². The van der Waals surface area contributed by atoms with Crippen LogP contribution in [0, 0.1) is 5.82 Å². The Morgan fingerprint density at radius 2 is 1.96 bits per heavy atom. The van der Waals surface area contributed by atoms with Gasteiger partial charge in [-0.25, -0.2) is 18.2 Å². The molecule has 26 heavy (non-hydrogen) atoms. The van der Waals surface area contributed by atoms with Gasteiger partial charge >= 0.3 is 0 Å². The van der Waals surface area contributed by atoms with E-state index in [-0.39, 0.29) is 29.8 Å². The Kier molecular flexibility index (Phi) is 6.18. The number of rotatable bonds is 7. The Bertz CT molecular complexity index is 850. The molecule has 0 bridgehead atoms. The molecule has 1 heterocycles. The van der Waals surface area contributed by atoms with E-state index in [2.05, 4.69) is 9.97 Å². The molecule has 1 N–H and O–H groups in total. The molecule has 1 aromatic carbocycles. The number of carbonyl (C=O) groups excluding carboxylic acids is 1. The topological polar surface area (TPSA) is 66.1 Å². The SMILES string of the molecule is CC[C@@H](CC(=O)c1cc(=O)[nH]c(N(C)C)n1)c1ccc(C(F)F)c(F)c1. The van der Waals surface area contributed by atoms with Crippen LogP contribution < -0.4 is 10.5 Å². The predicted octanol–water partition coefficient (Wildman–Crippen LogP) is 3.68. The molecule has 1 aromatic heterocycles. The molecular formula is C18H20F3N3O2. The van der Waals surface area contributed by atoms with E-state index in [9.17, 15) is 22.8 Å². The van der Waals surface area contributed by atoms with Gasteiger partial charge in [-0.15, -0.1) is 0 Å². The lowest BCUT2D eigenvalue weighted by molar-refractivity contribution is 0.0967. The standard InChI is InChI=1S/C18H20F3N3O2/c1-4-10(11-5-6-12(17(20)21)13(19)7-11)8-15(25)14-9-16(26)23-18(22-14)24(2)3/h5-7,9-10,17H,4,8H2,1-3H3,(H,22,23,26)/t10-/m0/s1. The normalized spacial score (nSPS) is 12.3. The van der Waals surface area contributed by atoms with Gasteiger partial charge in [-0.3, -0.25) is 14.6 Å². The quantitative estimate of drug-likeness (QED) is 0.758. The number of benzene rings is 1. The maximum atomic E-state index is 13.8. The number of halogens is 3. The van der Waals surface area contributed by atoms with Gasteiger partial charge < -0.3 is 4.90 Å². The lowest BCUT2D eigenvalue weighted by atomic mass is 9.90. The Labute approximate surface area is 148 Å². The van der Waals surface area contributed by atoms with E-state index >= 15 is 0 Å². The molecule has 2 aromatic rings. The highest BCUT2D eigenvalue weighted by atomic mass is 19.3. The summed E-state index contributed by atoms with van der Waals surface area (Å²) in [6, 6.07) is 4.60. The second-order valence-corrected chi connectivity index (χ2v) is 6.16. The van der Waals surface area contributed by atoms with E-state index in [0.717, 1.165) is 18.2 Å². The first-order valence-corrected chi connectivity index (χ1v) is 8.12. The van der Waals surface area contributed by atoms with Crippen molar-refractivity contribution in [3.8, 4) is 0 Å². The van der Waals surface area contributed by atoms with Crippen LogP contribution in [0.1, 0.15) is 53.7 Å². The number of H-pyrrole nitrogens is 1. The number of hydrogen-bond donors (Lipinski definition) is 1. The fraction of sp³-hybridized carbons (Fsp3) is 0.389. The van der Waals surface area contributed by atoms with E-state index < -0.39 is 23.4 Å². The predicted molar refractivity (Wildman–Crippen MR) is 92.5 cm³/mol. The number of Topliss-reactive ketones (excluding diaryl/α,β-unsaturated/α-hetero) is 1. The second-order valence-electron chi connectivity index (χ2n) is 6.16. The number of nitrogens with zero attached hydrogens (tertiary/aromatic N) is 2. The number of aromatic amines is 1. The lowest BCUT2D eigenvalue weighted by Crippen LogP contribution is -2.21. The number of carbonyl (C=O) groups is 1. The summed E-state index contributed by atoms with van der Waals surface area (Å²) in [6.07, 6.45) is -2.40. The second kappa shape index (κ2) is 8.16. The molecular weight excluding hydrogens is 347 g/mol. The number of hydrogen-bond acceptors (Lipinski definition) is 4. The van der Waals surface area contributed by atoms with Crippen molar-refractivity contribution in [3.63, 3.8) is 0 Å². The van der Waals surface area contributed by atoms with Gasteiger partial charge in [0, 0.05) is 26.6 Å². The summed E-state index contributed by atoms with van der Waals surface area (Å²) in [7, 11) is 3.35. The van der Waals surface area contributed by atoms with E-state index in [4.69, 9.17) is 0 Å². The average Bonchev–Trinajstić information content (AvgIpc) is 2.58. The van der Waals surface area contributed by atoms with Crippen LogP contribution in [0.4, 0.5) is 19.1 Å². The summed E-state index contributed by atoms with van der Waals surface area (Å²) in [6.45, 7) is 1.81. The molecule has 2 rings (SSSR count). The molecule has 0 amide bonds. The van der Waals surface area contributed by atoms with E-state index in [0.29, 0.717) is 12.0 Å². The zero-order valence-electron chi connectivity index (χ0n) is 14.7.